The molecular weight excluding hydrogens is 320 g/mol. The average molecular weight is 340 g/mol. The zero-order chi connectivity index (χ0) is 17.9. The van der Waals surface area contributed by atoms with Crippen LogP contribution in [0.4, 0.5) is 0 Å². The number of hydrogen-bond donors (Lipinski definition) is 0. The maximum atomic E-state index is 6.25. The van der Waals surface area contributed by atoms with Gasteiger partial charge in [-0.15, -0.1) is 6.58 Å². The van der Waals surface area contributed by atoms with Gasteiger partial charge in [0.15, 0.2) is 23.0 Å². The predicted molar refractivity (Wildman–Crippen MR) is 104 cm³/mol. The molecule has 1 unspecified atom stereocenters. The van der Waals surface area contributed by atoms with Crippen LogP contribution in [0.15, 0.2) is 67.3 Å². The third-order valence-corrected chi connectivity index (χ3v) is 5.65. The van der Waals surface area contributed by atoms with Gasteiger partial charge in [0.2, 0.25) is 0 Å². The summed E-state index contributed by atoms with van der Waals surface area (Å²) in [5.41, 5.74) is 6.09. The number of rotatable bonds is 2. The molecule has 1 atom stereocenters. The summed E-state index contributed by atoms with van der Waals surface area (Å²) >= 11 is 0. The largest absolute Gasteiger partial charge is 0.449 e. The van der Waals surface area contributed by atoms with Crippen LogP contribution in [0.5, 0.6) is 23.0 Å². The van der Waals surface area contributed by atoms with Crippen molar-refractivity contribution in [3.8, 4) is 34.1 Å². The van der Waals surface area contributed by atoms with Gasteiger partial charge in [-0.1, -0.05) is 49.4 Å². The maximum Gasteiger partial charge on any atom is 0.173 e. The summed E-state index contributed by atoms with van der Waals surface area (Å²) in [5.74, 6) is 3.15. The molecule has 0 aromatic heterocycles. The highest BCUT2D eigenvalue weighted by atomic mass is 16.6. The maximum absolute atomic E-state index is 6.25. The molecule has 0 radical (unpaired) electrons. The van der Waals surface area contributed by atoms with Crippen molar-refractivity contribution < 1.29 is 9.47 Å². The van der Waals surface area contributed by atoms with E-state index in [1.54, 1.807) is 0 Å². The molecule has 0 saturated heterocycles. The minimum absolute atomic E-state index is 0.0991. The first kappa shape index (κ1) is 15.3. The Morgan fingerprint density at radius 2 is 1.69 bits per heavy atom. The zero-order valence-corrected chi connectivity index (χ0v) is 15.0. The number of para-hydroxylation sites is 1. The Morgan fingerprint density at radius 1 is 0.885 bits per heavy atom. The molecule has 26 heavy (non-hydrogen) atoms. The van der Waals surface area contributed by atoms with E-state index in [1.807, 2.05) is 31.2 Å². The zero-order valence-electron chi connectivity index (χ0n) is 15.0. The van der Waals surface area contributed by atoms with E-state index in [2.05, 4.69) is 49.9 Å². The lowest BCUT2D eigenvalue weighted by atomic mass is 9.77. The summed E-state index contributed by atoms with van der Waals surface area (Å²) in [6, 6.07) is 18.9. The summed E-state index contributed by atoms with van der Waals surface area (Å²) in [6.45, 7) is 8.31. The van der Waals surface area contributed by atoms with Gasteiger partial charge in [-0.05, 0) is 59.4 Å². The van der Waals surface area contributed by atoms with Crippen molar-refractivity contribution in [2.24, 2.45) is 0 Å². The minimum Gasteiger partial charge on any atom is -0.449 e. The van der Waals surface area contributed by atoms with Crippen LogP contribution in [0, 0.1) is 6.92 Å². The number of fused-ring (bicyclic) bond motifs is 5. The summed E-state index contributed by atoms with van der Waals surface area (Å²) < 4.78 is 12.4. The van der Waals surface area contributed by atoms with Crippen LogP contribution in [-0.2, 0) is 5.41 Å². The second-order valence-electron chi connectivity index (χ2n) is 7.32. The standard InChI is InChI=1S/C24H20O2/c1-4-12-24(3)18-10-6-5-9-16(18)17-13-21-22(14-19(17)24)26-23-15(2)8-7-11-20(23)25-21/h4-11,13-14H,1,12H2,2-3H3. The molecule has 3 aromatic rings. The SMILES string of the molecule is C=CCC1(C)c2ccccc2-c2cc3c(cc21)Oc1c(C)cccc1O3. The van der Waals surface area contributed by atoms with Crippen molar-refractivity contribution >= 4 is 0 Å². The first-order valence-corrected chi connectivity index (χ1v) is 8.96. The molecule has 0 spiro atoms. The number of hydrogen-bond acceptors (Lipinski definition) is 2. The highest BCUT2D eigenvalue weighted by Gasteiger charge is 2.40. The molecule has 5 rings (SSSR count). The lowest BCUT2D eigenvalue weighted by molar-refractivity contribution is 0.356. The quantitative estimate of drug-likeness (QED) is 0.375. The molecule has 0 amide bonds. The summed E-state index contributed by atoms with van der Waals surface area (Å²) in [4.78, 5) is 0. The topological polar surface area (TPSA) is 18.5 Å². The monoisotopic (exact) mass is 340 g/mol. The Morgan fingerprint density at radius 3 is 2.54 bits per heavy atom. The van der Waals surface area contributed by atoms with Gasteiger partial charge in [0.05, 0.1) is 0 Å². The van der Waals surface area contributed by atoms with E-state index in [0.717, 1.165) is 35.0 Å². The molecule has 3 aromatic carbocycles. The van der Waals surface area contributed by atoms with Crippen LogP contribution in [0.1, 0.15) is 30.0 Å². The van der Waals surface area contributed by atoms with E-state index >= 15 is 0 Å². The van der Waals surface area contributed by atoms with Gasteiger partial charge in [-0.2, -0.15) is 0 Å². The van der Waals surface area contributed by atoms with E-state index in [1.165, 1.54) is 22.3 Å². The molecule has 0 fully saturated rings. The Kier molecular flexibility index (Phi) is 3.08. The Balaban J connectivity index is 1.73. The molecule has 0 bridgehead atoms. The van der Waals surface area contributed by atoms with Gasteiger partial charge < -0.3 is 9.47 Å². The van der Waals surface area contributed by atoms with Gasteiger partial charge in [0.1, 0.15) is 0 Å². The molecule has 2 heteroatoms. The van der Waals surface area contributed by atoms with Gasteiger partial charge in [0.25, 0.3) is 0 Å². The van der Waals surface area contributed by atoms with Crippen LogP contribution >= 0.6 is 0 Å². The molecular formula is C24H20O2. The fraction of sp³-hybridized carbons (Fsp3) is 0.167. The van der Waals surface area contributed by atoms with Gasteiger partial charge in [0, 0.05) is 5.41 Å². The molecule has 2 nitrogen and oxygen atoms in total. The molecule has 2 aliphatic rings. The van der Waals surface area contributed by atoms with Gasteiger partial charge in [-0.25, -0.2) is 0 Å². The molecule has 128 valence electrons. The summed E-state index contributed by atoms with van der Waals surface area (Å²) in [7, 11) is 0. The smallest absolute Gasteiger partial charge is 0.173 e. The van der Waals surface area contributed by atoms with E-state index in [0.29, 0.717) is 0 Å². The highest BCUT2D eigenvalue weighted by molar-refractivity contribution is 5.83. The molecule has 1 aliphatic heterocycles. The van der Waals surface area contributed by atoms with Crippen LogP contribution < -0.4 is 9.47 Å². The fourth-order valence-electron chi connectivity index (χ4n) is 4.32. The fourth-order valence-corrected chi connectivity index (χ4v) is 4.32. The van der Waals surface area contributed by atoms with Gasteiger partial charge >= 0.3 is 0 Å². The number of allylic oxidation sites excluding steroid dienone is 1. The van der Waals surface area contributed by atoms with Crippen molar-refractivity contribution in [2.45, 2.75) is 25.7 Å². The second kappa shape index (κ2) is 5.25. The van der Waals surface area contributed by atoms with E-state index in [4.69, 9.17) is 9.47 Å². The predicted octanol–water partition coefficient (Wildman–Crippen LogP) is 6.76. The van der Waals surface area contributed by atoms with Crippen molar-refractivity contribution in [3.63, 3.8) is 0 Å². The first-order valence-electron chi connectivity index (χ1n) is 8.96. The Labute approximate surface area is 153 Å². The normalized spacial score (nSPS) is 18.7. The molecule has 0 saturated carbocycles. The van der Waals surface area contributed by atoms with Crippen LogP contribution in [0.3, 0.4) is 0 Å². The van der Waals surface area contributed by atoms with Crippen molar-refractivity contribution in [1.82, 2.24) is 0 Å². The molecule has 0 N–H and O–H groups in total. The lowest BCUT2D eigenvalue weighted by Crippen LogP contribution is -2.19. The van der Waals surface area contributed by atoms with Crippen molar-refractivity contribution in [2.75, 3.05) is 0 Å². The second-order valence-corrected chi connectivity index (χ2v) is 7.32. The summed E-state index contributed by atoms with van der Waals surface area (Å²) in [5, 5.41) is 0. The molecule has 1 aliphatic carbocycles. The first-order chi connectivity index (χ1) is 12.6. The Bertz CT molecular complexity index is 1060. The number of aryl methyl sites for hydroxylation is 1. The van der Waals surface area contributed by atoms with Crippen LogP contribution in [0.25, 0.3) is 11.1 Å². The third kappa shape index (κ3) is 1.93. The van der Waals surface area contributed by atoms with E-state index < -0.39 is 0 Å². The number of benzene rings is 3. The van der Waals surface area contributed by atoms with Crippen molar-refractivity contribution in [1.29, 1.82) is 0 Å². The van der Waals surface area contributed by atoms with E-state index in [-0.39, 0.29) is 5.41 Å². The van der Waals surface area contributed by atoms with Gasteiger partial charge in [-0.3, -0.25) is 0 Å². The average Bonchev–Trinajstić information content (AvgIpc) is 2.88. The lowest BCUT2D eigenvalue weighted by Gasteiger charge is -2.28. The Hall–Kier alpha value is -3.00. The van der Waals surface area contributed by atoms with Crippen LogP contribution in [0.2, 0.25) is 0 Å². The highest BCUT2D eigenvalue weighted by Crippen LogP contribution is 2.56. The van der Waals surface area contributed by atoms with Crippen LogP contribution in [-0.4, -0.2) is 0 Å². The minimum atomic E-state index is -0.0991. The third-order valence-electron chi connectivity index (χ3n) is 5.65. The van der Waals surface area contributed by atoms with E-state index in [9.17, 15) is 0 Å². The van der Waals surface area contributed by atoms with Crippen molar-refractivity contribution in [3.05, 3.63) is 83.9 Å². The summed E-state index contributed by atoms with van der Waals surface area (Å²) in [6.07, 6.45) is 2.88. The number of ether oxygens (including phenoxy) is 2. The molecule has 1 heterocycles.